The molecule has 5 heteroatoms. The van der Waals surface area contributed by atoms with E-state index in [-0.39, 0.29) is 24.0 Å². The molecular weight excluding hydrogens is 327 g/mol. The van der Waals surface area contributed by atoms with E-state index < -0.39 is 0 Å². The Bertz CT molecular complexity index is 177. The molecule has 0 radical (unpaired) electrons. The van der Waals surface area contributed by atoms with Gasteiger partial charge in [-0.3, -0.25) is 4.99 Å². The normalized spacial score (nSPS) is 9.71. The molecule has 0 aliphatic carbocycles. The molecule has 17 heavy (non-hydrogen) atoms. The maximum absolute atomic E-state index is 4.53. The first kappa shape index (κ1) is 19.3. The largest absolute Gasteiger partial charge is 0.357 e. The summed E-state index contributed by atoms with van der Waals surface area (Å²) < 4.78 is 0. The highest BCUT2D eigenvalue weighted by molar-refractivity contribution is 14.0. The van der Waals surface area contributed by atoms with Gasteiger partial charge >= 0.3 is 0 Å². The summed E-state index contributed by atoms with van der Waals surface area (Å²) in [7, 11) is 0. The molecule has 0 amide bonds. The molecular formula is C12H29IN4. The van der Waals surface area contributed by atoms with Crippen LogP contribution in [-0.2, 0) is 0 Å². The molecule has 0 aromatic carbocycles. The van der Waals surface area contributed by atoms with E-state index in [9.17, 15) is 0 Å². The van der Waals surface area contributed by atoms with Crippen molar-refractivity contribution in [2.75, 3.05) is 39.3 Å². The van der Waals surface area contributed by atoms with Crippen molar-refractivity contribution >= 4 is 29.9 Å². The van der Waals surface area contributed by atoms with Crippen LogP contribution in [0.15, 0.2) is 4.99 Å². The van der Waals surface area contributed by atoms with Gasteiger partial charge in [-0.25, -0.2) is 0 Å². The summed E-state index contributed by atoms with van der Waals surface area (Å²) in [4.78, 5) is 6.96. The van der Waals surface area contributed by atoms with Gasteiger partial charge in [-0.05, 0) is 33.4 Å². The Morgan fingerprint density at radius 3 is 2.00 bits per heavy atom. The Morgan fingerprint density at radius 1 is 1.00 bits per heavy atom. The zero-order valence-corrected chi connectivity index (χ0v) is 14.1. The standard InChI is InChI=1S/C12H28N4.HI/c1-5-10-16(8-4)11-9-15-12(13-6-2)14-7-3;/h5-11H2,1-4H3,(H2,13,14,15);1H. The minimum atomic E-state index is 0. The third kappa shape index (κ3) is 10.8. The Balaban J connectivity index is 0. The Morgan fingerprint density at radius 2 is 1.59 bits per heavy atom. The minimum Gasteiger partial charge on any atom is -0.357 e. The first-order valence-corrected chi connectivity index (χ1v) is 6.52. The summed E-state index contributed by atoms with van der Waals surface area (Å²) in [6.07, 6.45) is 1.21. The highest BCUT2D eigenvalue weighted by Gasteiger charge is 2.00. The molecule has 0 aromatic rings. The predicted molar refractivity (Wildman–Crippen MR) is 87.5 cm³/mol. The van der Waals surface area contributed by atoms with Crippen LogP contribution in [0.1, 0.15) is 34.1 Å². The maximum atomic E-state index is 4.53. The van der Waals surface area contributed by atoms with E-state index in [0.29, 0.717) is 0 Å². The SMILES string of the molecule is CCCN(CC)CCN=C(NCC)NCC.I. The van der Waals surface area contributed by atoms with E-state index in [1.54, 1.807) is 0 Å². The molecule has 4 nitrogen and oxygen atoms in total. The lowest BCUT2D eigenvalue weighted by Crippen LogP contribution is -2.38. The summed E-state index contributed by atoms with van der Waals surface area (Å²) in [5.74, 6) is 0.928. The summed E-state index contributed by atoms with van der Waals surface area (Å²) in [5.41, 5.74) is 0. The molecule has 0 heterocycles. The van der Waals surface area contributed by atoms with Gasteiger partial charge in [0.25, 0.3) is 0 Å². The Hall–Kier alpha value is -0.0400. The molecule has 0 aliphatic rings. The van der Waals surface area contributed by atoms with Gasteiger partial charge in [0.1, 0.15) is 0 Å². The van der Waals surface area contributed by atoms with E-state index in [0.717, 1.165) is 38.7 Å². The third-order valence-electron chi connectivity index (χ3n) is 2.36. The number of hydrogen-bond acceptors (Lipinski definition) is 2. The Labute approximate surface area is 124 Å². The lowest BCUT2D eigenvalue weighted by atomic mass is 10.4. The number of rotatable bonds is 8. The van der Waals surface area contributed by atoms with Crippen LogP contribution in [0.4, 0.5) is 0 Å². The van der Waals surface area contributed by atoms with E-state index >= 15 is 0 Å². The molecule has 0 saturated heterocycles. The fourth-order valence-electron chi connectivity index (χ4n) is 1.56. The first-order chi connectivity index (χ1) is 7.78. The van der Waals surface area contributed by atoms with Crippen LogP contribution in [0.5, 0.6) is 0 Å². The van der Waals surface area contributed by atoms with Crippen LogP contribution >= 0.6 is 24.0 Å². The second-order valence-corrected chi connectivity index (χ2v) is 3.73. The highest BCUT2D eigenvalue weighted by atomic mass is 127. The highest BCUT2D eigenvalue weighted by Crippen LogP contribution is 1.90. The summed E-state index contributed by atoms with van der Waals surface area (Å²) >= 11 is 0. The topological polar surface area (TPSA) is 39.7 Å². The van der Waals surface area contributed by atoms with Crippen molar-refractivity contribution < 1.29 is 0 Å². The summed E-state index contributed by atoms with van der Waals surface area (Å²) in [5, 5.41) is 6.46. The summed E-state index contributed by atoms with van der Waals surface area (Å²) in [6.45, 7) is 14.6. The lowest BCUT2D eigenvalue weighted by Gasteiger charge is -2.18. The number of halogens is 1. The van der Waals surface area contributed by atoms with E-state index in [1.165, 1.54) is 13.0 Å². The van der Waals surface area contributed by atoms with Crippen molar-refractivity contribution in [3.63, 3.8) is 0 Å². The van der Waals surface area contributed by atoms with Crippen molar-refractivity contribution in [1.82, 2.24) is 15.5 Å². The molecule has 0 bridgehead atoms. The van der Waals surface area contributed by atoms with Crippen LogP contribution in [-0.4, -0.2) is 50.1 Å². The van der Waals surface area contributed by atoms with Crippen LogP contribution in [0.25, 0.3) is 0 Å². The molecule has 0 aromatic heterocycles. The van der Waals surface area contributed by atoms with Crippen molar-refractivity contribution in [3.8, 4) is 0 Å². The van der Waals surface area contributed by atoms with E-state index in [4.69, 9.17) is 0 Å². The molecule has 0 rings (SSSR count). The van der Waals surface area contributed by atoms with Crippen LogP contribution in [0.3, 0.4) is 0 Å². The van der Waals surface area contributed by atoms with Gasteiger partial charge in [0, 0.05) is 19.6 Å². The van der Waals surface area contributed by atoms with Gasteiger partial charge in [-0.2, -0.15) is 0 Å². The maximum Gasteiger partial charge on any atom is 0.191 e. The number of aliphatic imine (C=N–C) groups is 1. The Kier molecular flexibility index (Phi) is 15.9. The molecule has 104 valence electrons. The van der Waals surface area contributed by atoms with E-state index in [1.807, 2.05) is 0 Å². The molecule has 0 saturated carbocycles. The number of hydrogen-bond donors (Lipinski definition) is 2. The van der Waals surface area contributed by atoms with E-state index in [2.05, 4.69) is 48.2 Å². The van der Waals surface area contributed by atoms with Gasteiger partial charge in [0.05, 0.1) is 6.54 Å². The minimum absolute atomic E-state index is 0. The van der Waals surface area contributed by atoms with Crippen LogP contribution in [0.2, 0.25) is 0 Å². The van der Waals surface area contributed by atoms with Crippen LogP contribution in [0, 0.1) is 0 Å². The molecule has 2 N–H and O–H groups in total. The number of guanidine groups is 1. The average molecular weight is 356 g/mol. The molecule has 0 unspecified atom stereocenters. The third-order valence-corrected chi connectivity index (χ3v) is 2.36. The quantitative estimate of drug-likeness (QED) is 0.397. The molecule has 0 atom stereocenters. The second kappa shape index (κ2) is 14.0. The van der Waals surface area contributed by atoms with Crippen molar-refractivity contribution in [3.05, 3.63) is 0 Å². The first-order valence-electron chi connectivity index (χ1n) is 6.52. The molecule has 0 aliphatic heterocycles. The zero-order chi connectivity index (χ0) is 12.2. The van der Waals surface area contributed by atoms with Gasteiger partial charge in [0.15, 0.2) is 5.96 Å². The number of nitrogens with one attached hydrogen (secondary N) is 2. The summed E-state index contributed by atoms with van der Waals surface area (Å²) in [6, 6.07) is 0. The van der Waals surface area contributed by atoms with Crippen LogP contribution < -0.4 is 10.6 Å². The fraction of sp³-hybridized carbons (Fsp3) is 0.917. The molecule has 0 fully saturated rings. The monoisotopic (exact) mass is 356 g/mol. The lowest BCUT2D eigenvalue weighted by molar-refractivity contribution is 0.297. The van der Waals surface area contributed by atoms with Crippen molar-refractivity contribution in [1.29, 1.82) is 0 Å². The van der Waals surface area contributed by atoms with Gasteiger partial charge in [0.2, 0.25) is 0 Å². The van der Waals surface area contributed by atoms with Gasteiger partial charge in [-0.1, -0.05) is 13.8 Å². The zero-order valence-electron chi connectivity index (χ0n) is 11.8. The molecule has 0 spiro atoms. The number of likely N-dealkylation sites (N-methyl/N-ethyl adjacent to an activating group) is 1. The smallest absolute Gasteiger partial charge is 0.191 e. The average Bonchev–Trinajstić information content (AvgIpc) is 2.28. The predicted octanol–water partition coefficient (Wildman–Crippen LogP) is 1.91. The van der Waals surface area contributed by atoms with Crippen molar-refractivity contribution in [2.45, 2.75) is 34.1 Å². The van der Waals surface area contributed by atoms with Gasteiger partial charge < -0.3 is 15.5 Å². The second-order valence-electron chi connectivity index (χ2n) is 3.73. The number of nitrogens with zero attached hydrogens (tertiary/aromatic N) is 2. The van der Waals surface area contributed by atoms with Crippen molar-refractivity contribution in [2.24, 2.45) is 4.99 Å². The fourth-order valence-corrected chi connectivity index (χ4v) is 1.56. The van der Waals surface area contributed by atoms with Gasteiger partial charge in [-0.15, -0.1) is 24.0 Å².